The minimum absolute atomic E-state index is 0. The fourth-order valence-corrected chi connectivity index (χ4v) is 5.57. The van der Waals surface area contributed by atoms with Crippen LogP contribution in [0, 0.1) is 39.9 Å². The van der Waals surface area contributed by atoms with Gasteiger partial charge >= 0.3 is 57.8 Å². The van der Waals surface area contributed by atoms with Gasteiger partial charge in [0.05, 0.1) is 36.8 Å². The quantitative estimate of drug-likeness (QED) is 0.0684. The molecule has 1 radical (unpaired) electrons. The average molecular weight is 856 g/mol. The molecule has 1 aromatic rings. The molecule has 2 bridgehead atoms. The van der Waals surface area contributed by atoms with Crippen LogP contribution in [0.5, 0.6) is 0 Å². The van der Waals surface area contributed by atoms with Gasteiger partial charge in [0.25, 0.3) is 0 Å². The van der Waals surface area contributed by atoms with Crippen LogP contribution in [0.2, 0.25) is 0 Å². The summed E-state index contributed by atoms with van der Waals surface area (Å²) in [6.07, 6.45) is -2.84. The predicted molar refractivity (Wildman–Crippen MR) is 172 cm³/mol. The standard InChI is InChI=1S/C31H50N6O12.Gd/c1-2-24(29(44)45)36-12-10-35(25(30(46)47)6-8-27(42)32-14-22(40)18-38)11-13-37(17-21-5-3-4-20(16-36)34-21)26(31(48)49)7-9-28(43)33-15-23(41)19-39;/h3-5,22-26,38-41H,2,6-19H2,1H3,(H,32,42)(H,33,43)(H,44,45)(H,46,47)(H,48,49);/q;+3/t22?,23?,24-,25-,26-;/m1./s1. The van der Waals surface area contributed by atoms with Gasteiger partial charge in [0.2, 0.25) is 11.8 Å². The number of carbonyl (C=O) groups is 5. The molecule has 2 heterocycles. The third kappa shape index (κ3) is 15.8. The Bertz CT molecular complexity index is 1250. The number of pyridine rings is 1. The van der Waals surface area contributed by atoms with Crippen molar-refractivity contribution < 1.29 is 99.7 Å². The first-order chi connectivity index (χ1) is 23.3. The summed E-state index contributed by atoms with van der Waals surface area (Å²) in [6, 6.07) is 1.80. The van der Waals surface area contributed by atoms with Crippen molar-refractivity contribution in [3.05, 3.63) is 29.6 Å². The Morgan fingerprint density at radius 3 is 1.46 bits per heavy atom. The topological polar surface area (TPSA) is 274 Å². The maximum Gasteiger partial charge on any atom is 3.00 e. The SMILES string of the molecule is CC[C@H](C(=O)O)N1CCN([C@H](CCC(=O)NCC(O)CO)C(=O)O)CCN([C@H](CCC(=O)NCC(O)CO)C(=O)O)Cc2cccc(n2)C1.[Gd+3]. The summed E-state index contributed by atoms with van der Waals surface area (Å²) in [6.45, 7) is 0.440. The van der Waals surface area contributed by atoms with Crippen molar-refractivity contribution in [2.24, 2.45) is 0 Å². The van der Waals surface area contributed by atoms with Crippen LogP contribution in [-0.4, -0.2) is 168 Å². The number of nitrogens with one attached hydrogen (secondary N) is 2. The molecule has 0 saturated carbocycles. The number of hydrogen-bond donors (Lipinski definition) is 9. The Morgan fingerprint density at radius 2 is 1.08 bits per heavy atom. The van der Waals surface area contributed by atoms with Crippen LogP contribution >= 0.6 is 0 Å². The van der Waals surface area contributed by atoms with E-state index in [1.807, 2.05) is 0 Å². The first kappa shape index (κ1) is 45.6. The molecule has 5 atom stereocenters. The zero-order chi connectivity index (χ0) is 36.5. The van der Waals surface area contributed by atoms with Gasteiger partial charge < -0.3 is 46.4 Å². The summed E-state index contributed by atoms with van der Waals surface area (Å²) in [5.74, 6) is -4.61. The smallest absolute Gasteiger partial charge is 0.480 e. The molecule has 281 valence electrons. The number of aliphatic hydroxyl groups excluding tert-OH is 4. The number of amides is 2. The van der Waals surface area contributed by atoms with Crippen LogP contribution in [0.3, 0.4) is 0 Å². The number of carboxylic acids is 3. The van der Waals surface area contributed by atoms with E-state index in [9.17, 15) is 49.5 Å². The summed E-state index contributed by atoms with van der Waals surface area (Å²) >= 11 is 0. The number of aliphatic carboxylic acids is 3. The maximum atomic E-state index is 12.6. The molecule has 2 rings (SSSR count). The fourth-order valence-electron chi connectivity index (χ4n) is 5.57. The molecule has 0 fully saturated rings. The zero-order valence-corrected chi connectivity index (χ0v) is 30.3. The number of carbonyl (C=O) groups excluding carboxylic acids is 2. The van der Waals surface area contributed by atoms with E-state index in [2.05, 4.69) is 15.6 Å². The molecule has 2 amide bonds. The number of aliphatic hydroxyl groups is 4. The third-order valence-corrected chi connectivity index (χ3v) is 8.29. The number of aromatic nitrogens is 1. The summed E-state index contributed by atoms with van der Waals surface area (Å²) in [4.78, 5) is 71.7. The van der Waals surface area contributed by atoms with E-state index in [0.717, 1.165) is 0 Å². The van der Waals surface area contributed by atoms with Crippen molar-refractivity contribution in [1.82, 2.24) is 30.3 Å². The van der Waals surface area contributed by atoms with Crippen LogP contribution in [0.15, 0.2) is 18.2 Å². The summed E-state index contributed by atoms with van der Waals surface area (Å²) in [5.41, 5.74) is 1.00. The molecule has 1 aliphatic rings. The van der Waals surface area contributed by atoms with Crippen molar-refractivity contribution in [2.75, 3.05) is 52.5 Å². The Balaban J connectivity index is 0.0000125. The van der Waals surface area contributed by atoms with Crippen molar-refractivity contribution in [3.8, 4) is 0 Å². The van der Waals surface area contributed by atoms with Gasteiger partial charge in [-0.1, -0.05) is 13.0 Å². The largest absolute Gasteiger partial charge is 3.00 e. The molecule has 1 aliphatic heterocycles. The molecule has 0 spiro atoms. The molecule has 0 aliphatic carbocycles. The number of carboxylic acid groups (broad SMARTS) is 3. The first-order valence-electron chi connectivity index (χ1n) is 16.3. The molecule has 9 N–H and O–H groups in total. The van der Waals surface area contributed by atoms with Crippen molar-refractivity contribution in [3.63, 3.8) is 0 Å². The third-order valence-electron chi connectivity index (χ3n) is 8.29. The number of hydrogen-bond acceptors (Lipinski definition) is 13. The van der Waals surface area contributed by atoms with Gasteiger partial charge in [-0.2, -0.15) is 0 Å². The van der Waals surface area contributed by atoms with Crippen molar-refractivity contribution in [1.29, 1.82) is 0 Å². The van der Waals surface area contributed by atoms with Gasteiger partial charge in [-0.15, -0.1) is 0 Å². The van der Waals surface area contributed by atoms with E-state index >= 15 is 0 Å². The van der Waals surface area contributed by atoms with Gasteiger partial charge in [0.15, 0.2) is 0 Å². The summed E-state index contributed by atoms with van der Waals surface area (Å²) in [7, 11) is 0. The first-order valence-corrected chi connectivity index (χ1v) is 16.3. The average Bonchev–Trinajstić information content (AvgIpc) is 3.05. The molecule has 50 heavy (non-hydrogen) atoms. The van der Waals surface area contributed by atoms with E-state index < -0.39 is 73.3 Å². The van der Waals surface area contributed by atoms with Crippen LogP contribution in [0.4, 0.5) is 0 Å². The van der Waals surface area contributed by atoms with Crippen molar-refractivity contribution >= 4 is 29.7 Å². The fraction of sp³-hybridized carbons (Fsp3) is 0.677. The normalized spacial score (nSPS) is 17.8. The second-order valence-corrected chi connectivity index (χ2v) is 11.9. The maximum absolute atomic E-state index is 12.6. The second kappa shape index (κ2) is 23.9. The molecule has 1 aromatic heterocycles. The van der Waals surface area contributed by atoms with E-state index in [0.29, 0.717) is 11.4 Å². The second-order valence-electron chi connectivity index (χ2n) is 11.9. The molecular formula is C31H50GdN6O12+3. The Labute approximate surface area is 322 Å². The summed E-state index contributed by atoms with van der Waals surface area (Å²) < 4.78 is 0. The minimum atomic E-state index is -1.25. The van der Waals surface area contributed by atoms with Crippen LogP contribution in [0.1, 0.15) is 50.4 Å². The Hall–Kier alpha value is -2.46. The van der Waals surface area contributed by atoms with Gasteiger partial charge in [-0.05, 0) is 31.4 Å². The van der Waals surface area contributed by atoms with Gasteiger partial charge in [-0.3, -0.25) is 43.7 Å². The number of rotatable bonds is 19. The van der Waals surface area contributed by atoms with E-state index in [1.54, 1.807) is 39.8 Å². The van der Waals surface area contributed by atoms with E-state index in [1.165, 1.54) is 0 Å². The van der Waals surface area contributed by atoms with E-state index in [4.69, 9.17) is 10.2 Å². The molecule has 0 aromatic carbocycles. The monoisotopic (exact) mass is 856 g/mol. The minimum Gasteiger partial charge on any atom is -0.480 e. The predicted octanol–water partition coefficient (Wildman–Crippen LogP) is -2.73. The van der Waals surface area contributed by atoms with Gasteiger partial charge in [-0.25, -0.2) is 0 Å². The van der Waals surface area contributed by atoms with Gasteiger partial charge in [0, 0.05) is 65.2 Å². The number of fused-ring (bicyclic) bond motifs is 2. The van der Waals surface area contributed by atoms with E-state index in [-0.39, 0.29) is 124 Å². The molecule has 18 nitrogen and oxygen atoms in total. The van der Waals surface area contributed by atoms with Crippen molar-refractivity contribution in [2.45, 2.75) is 82.5 Å². The Morgan fingerprint density at radius 1 is 0.700 bits per heavy atom. The Kier molecular flexibility index (Phi) is 21.8. The number of nitrogens with zero attached hydrogens (tertiary/aromatic N) is 4. The van der Waals surface area contributed by atoms with Crippen LogP contribution in [0.25, 0.3) is 0 Å². The molecule has 2 unspecified atom stereocenters. The molecule has 0 saturated heterocycles. The van der Waals surface area contributed by atoms with Gasteiger partial charge in [0.1, 0.15) is 18.1 Å². The molecular weight excluding hydrogens is 806 g/mol. The van der Waals surface area contributed by atoms with Crippen LogP contribution in [-0.2, 0) is 37.1 Å². The zero-order valence-electron chi connectivity index (χ0n) is 28.0. The molecule has 19 heteroatoms. The summed E-state index contributed by atoms with van der Waals surface area (Å²) in [5, 5.41) is 72.4. The van der Waals surface area contributed by atoms with Crippen LogP contribution < -0.4 is 10.6 Å².